The quantitative estimate of drug-likeness (QED) is 0.726. The van der Waals surface area contributed by atoms with Crippen molar-refractivity contribution < 1.29 is 23.1 Å². The van der Waals surface area contributed by atoms with Gasteiger partial charge in [-0.1, -0.05) is 12.2 Å². The maximum absolute atomic E-state index is 13.2. The fraction of sp³-hybridized carbons (Fsp3) is 0.312. The van der Waals surface area contributed by atoms with E-state index in [1.54, 1.807) is 18.4 Å². The van der Waals surface area contributed by atoms with Gasteiger partial charge in [0.1, 0.15) is 12.0 Å². The van der Waals surface area contributed by atoms with E-state index in [4.69, 9.17) is 18.0 Å². The zero-order valence-corrected chi connectivity index (χ0v) is 16.2. The van der Waals surface area contributed by atoms with Gasteiger partial charge in [0.05, 0.1) is 26.9 Å². The average Bonchev–Trinajstić information content (AvgIpc) is 3.04. The van der Waals surface area contributed by atoms with Gasteiger partial charge in [-0.25, -0.2) is 14.8 Å². The zero-order chi connectivity index (χ0) is 20.8. The molecule has 1 aliphatic heterocycles. The first-order valence-corrected chi connectivity index (χ1v) is 9.16. The van der Waals surface area contributed by atoms with Crippen LogP contribution in [0.4, 0.5) is 23.7 Å². The number of hydrogen-bond acceptors (Lipinski definition) is 7. The van der Waals surface area contributed by atoms with Crippen molar-refractivity contribution in [1.82, 2.24) is 4.98 Å². The average molecular weight is 429 g/mol. The molecule has 0 fully saturated rings. The van der Waals surface area contributed by atoms with Gasteiger partial charge in [-0.2, -0.15) is 13.2 Å². The Bertz CT molecular complexity index is 1030. The van der Waals surface area contributed by atoms with Gasteiger partial charge in [0.2, 0.25) is 0 Å². The molecule has 2 aromatic heterocycles. The second kappa shape index (κ2) is 7.18. The number of carbonyl (C=O) groups is 1. The van der Waals surface area contributed by atoms with E-state index < -0.39 is 34.9 Å². The number of thiocarbonyl (C=S) groups is 1. The number of rotatable bonds is 3. The van der Waals surface area contributed by atoms with Crippen LogP contribution in [0.1, 0.15) is 18.5 Å². The number of hydrogen-bond donors (Lipinski definition) is 2. The Labute approximate surface area is 166 Å². The molecular weight excluding hydrogens is 415 g/mol. The second-order valence-corrected chi connectivity index (χ2v) is 7.40. The summed E-state index contributed by atoms with van der Waals surface area (Å²) < 4.78 is 40.3. The third kappa shape index (κ3) is 3.62. The van der Waals surface area contributed by atoms with Crippen LogP contribution in [0.5, 0.6) is 0 Å². The molecule has 0 spiro atoms. The van der Waals surface area contributed by atoms with Crippen molar-refractivity contribution in [2.24, 2.45) is 15.7 Å². The molecular formula is C16H14F3N5O2S2. The zero-order valence-electron chi connectivity index (χ0n) is 14.6. The van der Waals surface area contributed by atoms with Gasteiger partial charge in [-0.05, 0) is 13.0 Å². The predicted octanol–water partition coefficient (Wildman–Crippen LogP) is 3.58. The summed E-state index contributed by atoms with van der Waals surface area (Å²) in [6.07, 6.45) is -5.66. The minimum Gasteiger partial charge on any atom is -0.465 e. The molecule has 12 heteroatoms. The first-order valence-electron chi connectivity index (χ1n) is 7.88. The van der Waals surface area contributed by atoms with E-state index in [0.29, 0.717) is 16.8 Å². The number of aliphatic imine (C=N–C) groups is 2. The lowest BCUT2D eigenvalue weighted by Crippen LogP contribution is -2.44. The molecule has 3 N–H and O–H groups in total. The van der Waals surface area contributed by atoms with Crippen LogP contribution in [0.3, 0.4) is 0 Å². The Balaban J connectivity index is 2.04. The fourth-order valence-corrected chi connectivity index (χ4v) is 3.76. The van der Waals surface area contributed by atoms with Crippen LogP contribution < -0.4 is 10.6 Å². The highest BCUT2D eigenvalue weighted by Gasteiger charge is 2.42. The summed E-state index contributed by atoms with van der Waals surface area (Å²) in [6.45, 7) is 1.60. The van der Waals surface area contributed by atoms with Crippen molar-refractivity contribution in [1.29, 1.82) is 0 Å². The molecule has 0 aliphatic carbocycles. The number of carboxylic acid groups (broad SMARTS) is 1. The van der Waals surface area contributed by atoms with Crippen molar-refractivity contribution >= 4 is 61.8 Å². The van der Waals surface area contributed by atoms with Crippen LogP contribution in [0.25, 0.3) is 10.1 Å². The summed E-state index contributed by atoms with van der Waals surface area (Å²) in [4.78, 5) is 23.6. The molecule has 1 aliphatic rings. The SMILES string of the molecule is CC(C1=NC(N)C(=S)C(C(F)(F)F)=N1)c1cc2c(N(C)C(=O)O)csc2cn1. The molecule has 148 valence electrons. The molecule has 3 rings (SSSR count). The standard InChI is InChI=1S/C16H14F3N5O2S2/c1-6(14-22-12(16(17,18)19)11(27)13(20)23-14)8-3-7-9(24(2)15(25)26)5-28-10(7)4-21-8/h3-6,13H,20H2,1-2H3,(H,25,26). The second-order valence-electron chi connectivity index (χ2n) is 6.04. The van der Waals surface area contributed by atoms with Crippen LogP contribution in [0.2, 0.25) is 0 Å². The topological polar surface area (TPSA) is 104 Å². The smallest absolute Gasteiger partial charge is 0.434 e. The minimum atomic E-state index is -4.74. The molecule has 0 saturated carbocycles. The van der Waals surface area contributed by atoms with Crippen molar-refractivity contribution in [3.8, 4) is 0 Å². The number of amides is 1. The Kier molecular flexibility index (Phi) is 5.21. The predicted molar refractivity (Wildman–Crippen MR) is 106 cm³/mol. The molecule has 2 aromatic rings. The summed E-state index contributed by atoms with van der Waals surface area (Å²) >= 11 is 6.03. The molecule has 0 aromatic carbocycles. The highest BCUT2D eigenvalue weighted by molar-refractivity contribution is 7.82. The number of alkyl halides is 3. The summed E-state index contributed by atoms with van der Waals surface area (Å²) in [5.41, 5.74) is 5.25. The molecule has 3 heterocycles. The van der Waals surface area contributed by atoms with Gasteiger partial charge < -0.3 is 10.8 Å². The third-order valence-electron chi connectivity index (χ3n) is 4.21. The molecule has 2 unspecified atom stereocenters. The van der Waals surface area contributed by atoms with Crippen molar-refractivity contribution in [3.63, 3.8) is 0 Å². The van der Waals surface area contributed by atoms with Crippen LogP contribution in [-0.2, 0) is 0 Å². The van der Waals surface area contributed by atoms with E-state index in [1.165, 1.54) is 24.6 Å². The Hall–Kier alpha value is -2.44. The van der Waals surface area contributed by atoms with Crippen molar-refractivity contribution in [2.45, 2.75) is 25.2 Å². The van der Waals surface area contributed by atoms with Crippen LogP contribution in [0.15, 0.2) is 27.6 Å². The maximum Gasteiger partial charge on any atom is 0.434 e. The Morgan fingerprint density at radius 1 is 1.46 bits per heavy atom. The van der Waals surface area contributed by atoms with E-state index in [1.807, 2.05) is 0 Å². The number of thiophene rings is 1. The minimum absolute atomic E-state index is 0.136. The number of fused-ring (bicyclic) bond motifs is 1. The van der Waals surface area contributed by atoms with Crippen molar-refractivity contribution in [3.05, 3.63) is 23.3 Å². The summed E-state index contributed by atoms with van der Waals surface area (Å²) in [7, 11) is 1.40. The maximum atomic E-state index is 13.2. The van der Waals surface area contributed by atoms with Gasteiger partial charge in [0.25, 0.3) is 0 Å². The van der Waals surface area contributed by atoms with E-state index in [0.717, 1.165) is 9.60 Å². The molecule has 28 heavy (non-hydrogen) atoms. The number of pyridine rings is 1. The Morgan fingerprint density at radius 2 is 2.14 bits per heavy atom. The molecule has 0 bridgehead atoms. The normalized spacial score (nSPS) is 18.6. The van der Waals surface area contributed by atoms with E-state index in [2.05, 4.69) is 15.0 Å². The van der Waals surface area contributed by atoms with E-state index in [-0.39, 0.29) is 5.84 Å². The lowest BCUT2D eigenvalue weighted by molar-refractivity contribution is -0.0566. The molecule has 7 nitrogen and oxygen atoms in total. The summed E-state index contributed by atoms with van der Waals surface area (Å²) in [6, 6.07) is 1.62. The van der Waals surface area contributed by atoms with E-state index in [9.17, 15) is 23.1 Å². The number of anilines is 1. The van der Waals surface area contributed by atoms with Gasteiger partial charge in [-0.3, -0.25) is 9.88 Å². The van der Waals surface area contributed by atoms with Crippen LogP contribution in [0, 0.1) is 0 Å². The highest BCUT2D eigenvalue weighted by atomic mass is 32.1. The lowest BCUT2D eigenvalue weighted by Gasteiger charge is -2.22. The number of nitrogens with zero attached hydrogens (tertiary/aromatic N) is 4. The van der Waals surface area contributed by atoms with Gasteiger partial charge >= 0.3 is 12.3 Å². The molecule has 2 atom stereocenters. The van der Waals surface area contributed by atoms with Gasteiger partial charge in [0.15, 0.2) is 5.71 Å². The molecule has 0 saturated heterocycles. The van der Waals surface area contributed by atoms with Crippen LogP contribution in [-0.4, -0.2) is 52.0 Å². The summed E-state index contributed by atoms with van der Waals surface area (Å²) in [5, 5.41) is 11.5. The van der Waals surface area contributed by atoms with Crippen LogP contribution >= 0.6 is 23.6 Å². The third-order valence-corrected chi connectivity index (χ3v) is 5.56. The summed E-state index contributed by atoms with van der Waals surface area (Å²) in [5.74, 6) is -0.845. The number of nitrogens with two attached hydrogens (primary N) is 1. The Morgan fingerprint density at radius 3 is 2.75 bits per heavy atom. The lowest BCUT2D eigenvalue weighted by atomic mass is 10.0. The fourth-order valence-electron chi connectivity index (χ4n) is 2.62. The number of amidine groups is 1. The van der Waals surface area contributed by atoms with Gasteiger partial charge in [0, 0.05) is 24.0 Å². The monoisotopic (exact) mass is 429 g/mol. The van der Waals surface area contributed by atoms with Crippen molar-refractivity contribution in [2.75, 3.05) is 11.9 Å². The first kappa shape index (κ1) is 20.3. The number of halogens is 3. The van der Waals surface area contributed by atoms with E-state index >= 15 is 0 Å². The number of aromatic nitrogens is 1. The highest BCUT2D eigenvalue weighted by Crippen LogP contribution is 2.34. The molecule has 1 amide bonds. The van der Waals surface area contributed by atoms with Gasteiger partial charge in [-0.15, -0.1) is 11.3 Å². The first-order chi connectivity index (χ1) is 13.0. The largest absolute Gasteiger partial charge is 0.465 e. The molecule has 0 radical (unpaired) electrons.